The standard InChI is InChI=1S/C17H16N4O2/c1-11-7-10-23-14(11)17(22)21-9-8-20(2)15-16(21)19-13-6-4-3-5-12(13)18-15/h3-7,10H,8-9H2,1-2H3. The van der Waals surface area contributed by atoms with Crippen LogP contribution in [0.25, 0.3) is 11.0 Å². The minimum atomic E-state index is -0.175. The predicted octanol–water partition coefficient (Wildman–Crippen LogP) is 2.63. The van der Waals surface area contributed by atoms with Crippen LogP contribution in [0.2, 0.25) is 0 Å². The minimum Gasteiger partial charge on any atom is -0.459 e. The monoisotopic (exact) mass is 308 g/mol. The number of aromatic nitrogens is 2. The highest BCUT2D eigenvalue weighted by atomic mass is 16.3. The van der Waals surface area contributed by atoms with Crippen LogP contribution < -0.4 is 9.80 Å². The van der Waals surface area contributed by atoms with Crippen molar-refractivity contribution in [2.24, 2.45) is 0 Å². The maximum atomic E-state index is 12.8. The molecule has 0 saturated carbocycles. The lowest BCUT2D eigenvalue weighted by Gasteiger charge is -2.33. The maximum absolute atomic E-state index is 12.8. The van der Waals surface area contributed by atoms with Crippen LogP contribution in [0, 0.1) is 6.92 Å². The molecule has 0 fully saturated rings. The number of hydrogen-bond acceptors (Lipinski definition) is 5. The van der Waals surface area contributed by atoms with Gasteiger partial charge in [0.25, 0.3) is 5.91 Å². The number of benzene rings is 1. The van der Waals surface area contributed by atoms with Gasteiger partial charge in [-0.25, -0.2) is 9.97 Å². The number of rotatable bonds is 1. The highest BCUT2D eigenvalue weighted by Gasteiger charge is 2.31. The zero-order valence-corrected chi connectivity index (χ0v) is 13.0. The first-order valence-electron chi connectivity index (χ1n) is 7.49. The number of carbonyl (C=O) groups is 1. The molecule has 0 spiro atoms. The summed E-state index contributed by atoms with van der Waals surface area (Å²) < 4.78 is 5.36. The zero-order valence-electron chi connectivity index (χ0n) is 13.0. The van der Waals surface area contributed by atoms with Crippen molar-refractivity contribution in [3.05, 3.63) is 47.9 Å². The van der Waals surface area contributed by atoms with Gasteiger partial charge in [0.05, 0.1) is 17.3 Å². The summed E-state index contributed by atoms with van der Waals surface area (Å²) in [6.07, 6.45) is 1.53. The Morgan fingerprint density at radius 3 is 2.43 bits per heavy atom. The Labute approximate surface area is 133 Å². The van der Waals surface area contributed by atoms with E-state index in [1.807, 2.05) is 43.1 Å². The fraction of sp³-hybridized carbons (Fsp3) is 0.235. The number of fused-ring (bicyclic) bond motifs is 2. The van der Waals surface area contributed by atoms with Gasteiger partial charge in [0.2, 0.25) is 0 Å². The number of aryl methyl sites for hydroxylation is 1. The second kappa shape index (κ2) is 5.08. The summed E-state index contributed by atoms with van der Waals surface area (Å²) in [5, 5.41) is 0. The van der Waals surface area contributed by atoms with Crippen LogP contribution in [0.1, 0.15) is 16.1 Å². The Morgan fingerprint density at radius 1 is 1.09 bits per heavy atom. The average molecular weight is 308 g/mol. The molecule has 1 amide bonds. The summed E-state index contributed by atoms with van der Waals surface area (Å²) in [5.74, 6) is 1.48. The molecule has 4 rings (SSSR count). The van der Waals surface area contributed by atoms with E-state index < -0.39 is 0 Å². The number of furan rings is 1. The van der Waals surface area contributed by atoms with Gasteiger partial charge in [-0.15, -0.1) is 0 Å². The van der Waals surface area contributed by atoms with Crippen LogP contribution in [0.15, 0.2) is 41.0 Å². The van der Waals surface area contributed by atoms with Gasteiger partial charge in [-0.2, -0.15) is 0 Å². The van der Waals surface area contributed by atoms with Gasteiger partial charge in [-0.1, -0.05) is 12.1 Å². The third kappa shape index (κ3) is 2.14. The predicted molar refractivity (Wildman–Crippen MR) is 87.9 cm³/mol. The number of anilines is 2. The van der Waals surface area contributed by atoms with Crippen molar-refractivity contribution in [1.82, 2.24) is 9.97 Å². The average Bonchev–Trinajstić information content (AvgIpc) is 2.99. The van der Waals surface area contributed by atoms with E-state index in [0.717, 1.165) is 16.6 Å². The van der Waals surface area contributed by atoms with E-state index in [-0.39, 0.29) is 5.91 Å². The molecule has 1 aliphatic heterocycles. The SMILES string of the molecule is Cc1ccoc1C(=O)N1CCN(C)c2nc3ccccc3nc21. The molecule has 0 radical (unpaired) electrons. The Hall–Kier alpha value is -2.89. The summed E-state index contributed by atoms with van der Waals surface area (Å²) in [6, 6.07) is 9.46. The van der Waals surface area contributed by atoms with Gasteiger partial charge in [0.15, 0.2) is 17.4 Å². The van der Waals surface area contributed by atoms with Crippen molar-refractivity contribution in [3.63, 3.8) is 0 Å². The van der Waals surface area contributed by atoms with Crippen molar-refractivity contribution in [3.8, 4) is 0 Å². The van der Waals surface area contributed by atoms with E-state index in [9.17, 15) is 4.79 Å². The molecule has 0 N–H and O–H groups in total. The third-order valence-electron chi connectivity index (χ3n) is 4.11. The van der Waals surface area contributed by atoms with E-state index in [1.165, 1.54) is 6.26 Å². The molecule has 2 aromatic heterocycles. The van der Waals surface area contributed by atoms with E-state index in [0.29, 0.717) is 30.5 Å². The van der Waals surface area contributed by atoms with Crippen molar-refractivity contribution in [2.45, 2.75) is 6.92 Å². The summed E-state index contributed by atoms with van der Waals surface area (Å²) >= 11 is 0. The lowest BCUT2D eigenvalue weighted by atomic mass is 10.2. The second-order valence-corrected chi connectivity index (χ2v) is 5.67. The number of amides is 1. The van der Waals surface area contributed by atoms with Crippen molar-refractivity contribution >= 4 is 28.6 Å². The molecule has 0 bridgehead atoms. The van der Waals surface area contributed by atoms with Crippen LogP contribution in [0.4, 0.5) is 11.6 Å². The summed E-state index contributed by atoms with van der Waals surface area (Å²) in [4.78, 5) is 25.8. The van der Waals surface area contributed by atoms with Crippen LogP contribution in [0.5, 0.6) is 0 Å². The maximum Gasteiger partial charge on any atom is 0.295 e. The molecule has 0 atom stereocenters. The molecule has 23 heavy (non-hydrogen) atoms. The minimum absolute atomic E-state index is 0.175. The van der Waals surface area contributed by atoms with E-state index in [1.54, 1.807) is 11.0 Å². The topological polar surface area (TPSA) is 62.5 Å². The Morgan fingerprint density at radius 2 is 1.78 bits per heavy atom. The molecule has 0 unspecified atom stereocenters. The quantitative estimate of drug-likeness (QED) is 0.691. The molecule has 0 aliphatic carbocycles. The smallest absolute Gasteiger partial charge is 0.295 e. The Bertz CT molecular complexity index is 902. The first kappa shape index (κ1) is 13.8. The lowest BCUT2D eigenvalue weighted by molar-refractivity contribution is 0.0958. The lowest BCUT2D eigenvalue weighted by Crippen LogP contribution is -2.43. The number of para-hydroxylation sites is 2. The van der Waals surface area contributed by atoms with Gasteiger partial charge in [0.1, 0.15) is 0 Å². The van der Waals surface area contributed by atoms with Gasteiger partial charge in [-0.05, 0) is 25.1 Å². The first-order valence-corrected chi connectivity index (χ1v) is 7.49. The van der Waals surface area contributed by atoms with Crippen LogP contribution >= 0.6 is 0 Å². The van der Waals surface area contributed by atoms with E-state index in [4.69, 9.17) is 4.42 Å². The zero-order chi connectivity index (χ0) is 16.0. The van der Waals surface area contributed by atoms with Crippen molar-refractivity contribution in [2.75, 3.05) is 29.9 Å². The largest absolute Gasteiger partial charge is 0.459 e. The molecule has 3 heterocycles. The van der Waals surface area contributed by atoms with E-state index >= 15 is 0 Å². The molecular formula is C17H16N4O2. The molecule has 6 heteroatoms. The van der Waals surface area contributed by atoms with Gasteiger partial charge in [0, 0.05) is 25.7 Å². The number of hydrogen-bond donors (Lipinski definition) is 0. The fourth-order valence-corrected chi connectivity index (χ4v) is 2.79. The number of nitrogens with zero attached hydrogens (tertiary/aromatic N) is 4. The Kier molecular flexibility index (Phi) is 3.04. The number of carbonyl (C=O) groups excluding carboxylic acids is 1. The van der Waals surface area contributed by atoms with Crippen molar-refractivity contribution in [1.29, 1.82) is 0 Å². The van der Waals surface area contributed by atoms with Gasteiger partial charge in [-0.3, -0.25) is 9.69 Å². The summed E-state index contributed by atoms with van der Waals surface area (Å²) in [7, 11) is 1.96. The molecular weight excluding hydrogens is 292 g/mol. The molecule has 0 saturated heterocycles. The van der Waals surface area contributed by atoms with Crippen molar-refractivity contribution < 1.29 is 9.21 Å². The molecule has 3 aromatic rings. The summed E-state index contributed by atoms with van der Waals surface area (Å²) in [5.41, 5.74) is 2.42. The van der Waals surface area contributed by atoms with Gasteiger partial charge >= 0.3 is 0 Å². The van der Waals surface area contributed by atoms with Gasteiger partial charge < -0.3 is 9.32 Å². The normalized spacial score (nSPS) is 14.2. The highest BCUT2D eigenvalue weighted by Crippen LogP contribution is 2.31. The number of likely N-dealkylation sites (N-methyl/N-ethyl adjacent to an activating group) is 1. The first-order chi connectivity index (χ1) is 11.1. The van der Waals surface area contributed by atoms with Crippen LogP contribution in [0.3, 0.4) is 0 Å². The Balaban J connectivity index is 1.86. The summed E-state index contributed by atoms with van der Waals surface area (Å²) in [6.45, 7) is 3.11. The fourth-order valence-electron chi connectivity index (χ4n) is 2.79. The van der Waals surface area contributed by atoms with Crippen LogP contribution in [-0.2, 0) is 0 Å². The molecule has 6 nitrogen and oxygen atoms in total. The highest BCUT2D eigenvalue weighted by molar-refractivity contribution is 6.07. The molecule has 116 valence electrons. The molecule has 1 aliphatic rings. The van der Waals surface area contributed by atoms with Crippen LogP contribution in [-0.4, -0.2) is 36.0 Å². The second-order valence-electron chi connectivity index (χ2n) is 5.67. The third-order valence-corrected chi connectivity index (χ3v) is 4.11. The van der Waals surface area contributed by atoms with E-state index in [2.05, 4.69) is 9.97 Å². The molecule has 1 aromatic carbocycles.